The van der Waals surface area contributed by atoms with Crippen LogP contribution >= 0.6 is 0 Å². The Bertz CT molecular complexity index is 634. The number of fused-ring (bicyclic) bond motifs is 1. The van der Waals surface area contributed by atoms with Crippen LogP contribution in [0.2, 0.25) is 0 Å². The first kappa shape index (κ1) is 15.5. The van der Waals surface area contributed by atoms with Gasteiger partial charge in [0.1, 0.15) is 5.82 Å². The van der Waals surface area contributed by atoms with Crippen LogP contribution in [0.15, 0.2) is 24.4 Å². The topological polar surface area (TPSA) is 54.1 Å². The molecule has 0 saturated heterocycles. The van der Waals surface area contributed by atoms with Gasteiger partial charge in [0.25, 0.3) is 0 Å². The molecular weight excluding hydrogens is 271 g/mol. The highest BCUT2D eigenvalue weighted by Crippen LogP contribution is 2.31. The number of nitrogens with one attached hydrogen (secondary N) is 2. The smallest absolute Gasteiger partial charge is 0.230 e. The summed E-state index contributed by atoms with van der Waals surface area (Å²) in [5.74, 6) is -0.386. The molecule has 2 aromatic rings. The molecule has 1 aromatic heterocycles. The number of hydrogen-bond donors (Lipinski definition) is 2. The Morgan fingerprint density at radius 3 is 2.90 bits per heavy atom. The molecule has 0 unspecified atom stereocenters. The molecule has 114 valence electrons. The van der Waals surface area contributed by atoms with Crippen LogP contribution in [-0.2, 0) is 14.9 Å². The molecule has 0 bridgehead atoms. The number of carbonyl (C=O) groups excluding carboxylic acids is 1. The molecule has 2 rings (SSSR count). The highest BCUT2D eigenvalue weighted by Gasteiger charge is 2.32. The molecule has 0 radical (unpaired) electrons. The summed E-state index contributed by atoms with van der Waals surface area (Å²) in [4.78, 5) is 15.5. The number of aromatic amines is 1. The first-order valence-electron chi connectivity index (χ1n) is 7.01. The van der Waals surface area contributed by atoms with Crippen LogP contribution in [-0.4, -0.2) is 31.2 Å². The van der Waals surface area contributed by atoms with Crippen LogP contribution < -0.4 is 5.32 Å². The van der Waals surface area contributed by atoms with E-state index >= 15 is 0 Å². The van der Waals surface area contributed by atoms with E-state index in [0.717, 1.165) is 22.9 Å². The van der Waals surface area contributed by atoms with Crippen LogP contribution in [0.5, 0.6) is 0 Å². The number of ether oxygens (including phenoxy) is 1. The third kappa shape index (κ3) is 3.24. The van der Waals surface area contributed by atoms with Crippen molar-refractivity contribution in [2.24, 2.45) is 0 Å². The van der Waals surface area contributed by atoms with E-state index in [2.05, 4.69) is 10.3 Å². The largest absolute Gasteiger partial charge is 0.385 e. The van der Waals surface area contributed by atoms with Crippen LogP contribution in [0, 0.1) is 5.82 Å². The van der Waals surface area contributed by atoms with E-state index in [4.69, 9.17) is 4.74 Å². The standard InChI is InChI=1S/C16H21FN2O2/c1-16(2,15(20)18-7-4-8-21-3)13-10-19-14-6-5-11(17)9-12(13)14/h5-6,9-10,19H,4,7-8H2,1-3H3,(H,18,20). The first-order chi connectivity index (χ1) is 9.96. The maximum atomic E-state index is 13.4. The summed E-state index contributed by atoms with van der Waals surface area (Å²) < 4.78 is 18.4. The molecule has 21 heavy (non-hydrogen) atoms. The summed E-state index contributed by atoms with van der Waals surface area (Å²) in [6.45, 7) is 4.85. The zero-order valence-corrected chi connectivity index (χ0v) is 12.6. The van der Waals surface area contributed by atoms with Gasteiger partial charge in [0, 0.05) is 37.4 Å². The van der Waals surface area contributed by atoms with Crippen LogP contribution in [0.1, 0.15) is 25.8 Å². The van der Waals surface area contributed by atoms with E-state index in [9.17, 15) is 9.18 Å². The minimum Gasteiger partial charge on any atom is -0.385 e. The molecule has 0 aliphatic heterocycles. The first-order valence-corrected chi connectivity index (χ1v) is 7.01. The summed E-state index contributed by atoms with van der Waals surface area (Å²) in [5, 5.41) is 3.64. The summed E-state index contributed by atoms with van der Waals surface area (Å²) >= 11 is 0. The van der Waals surface area contributed by atoms with Gasteiger partial charge >= 0.3 is 0 Å². The number of amides is 1. The van der Waals surface area contributed by atoms with Crippen molar-refractivity contribution in [3.05, 3.63) is 35.8 Å². The van der Waals surface area contributed by atoms with Crippen molar-refractivity contribution in [1.82, 2.24) is 10.3 Å². The Hall–Kier alpha value is -1.88. The summed E-state index contributed by atoms with van der Waals surface area (Å²) in [6.07, 6.45) is 2.54. The fourth-order valence-electron chi connectivity index (χ4n) is 2.37. The molecule has 2 N–H and O–H groups in total. The summed E-state index contributed by atoms with van der Waals surface area (Å²) in [5.41, 5.74) is 0.881. The number of halogens is 1. The van der Waals surface area contributed by atoms with E-state index < -0.39 is 5.41 Å². The SMILES string of the molecule is COCCCNC(=O)C(C)(C)c1c[nH]c2ccc(F)cc12. The number of hydrogen-bond acceptors (Lipinski definition) is 2. The zero-order valence-electron chi connectivity index (χ0n) is 12.6. The number of rotatable bonds is 6. The van der Waals surface area contributed by atoms with Gasteiger partial charge in [-0.2, -0.15) is 0 Å². The lowest BCUT2D eigenvalue weighted by Crippen LogP contribution is -2.40. The average Bonchev–Trinajstić information content (AvgIpc) is 2.86. The van der Waals surface area contributed by atoms with E-state index in [1.54, 1.807) is 19.4 Å². The second-order valence-corrected chi connectivity index (χ2v) is 5.62. The van der Waals surface area contributed by atoms with Gasteiger partial charge < -0.3 is 15.0 Å². The molecule has 0 atom stereocenters. The lowest BCUT2D eigenvalue weighted by Gasteiger charge is -2.23. The van der Waals surface area contributed by atoms with Gasteiger partial charge in [0.05, 0.1) is 5.41 Å². The lowest BCUT2D eigenvalue weighted by molar-refractivity contribution is -0.125. The normalized spacial score (nSPS) is 11.8. The zero-order chi connectivity index (χ0) is 15.5. The van der Waals surface area contributed by atoms with Crippen LogP contribution in [0.3, 0.4) is 0 Å². The van der Waals surface area contributed by atoms with E-state index in [0.29, 0.717) is 13.2 Å². The van der Waals surface area contributed by atoms with Crippen molar-refractivity contribution in [3.8, 4) is 0 Å². The van der Waals surface area contributed by atoms with Crippen molar-refractivity contribution < 1.29 is 13.9 Å². The lowest BCUT2D eigenvalue weighted by atomic mass is 9.83. The molecular formula is C16H21FN2O2. The third-order valence-electron chi connectivity index (χ3n) is 3.70. The Morgan fingerprint density at radius 2 is 2.19 bits per heavy atom. The number of carbonyl (C=O) groups is 1. The Morgan fingerprint density at radius 1 is 1.43 bits per heavy atom. The van der Waals surface area contributed by atoms with Crippen LogP contribution in [0.25, 0.3) is 10.9 Å². The molecule has 5 heteroatoms. The number of benzene rings is 1. The quantitative estimate of drug-likeness (QED) is 0.804. The third-order valence-corrected chi connectivity index (χ3v) is 3.70. The Labute approximate surface area is 123 Å². The molecule has 0 spiro atoms. The number of aromatic nitrogens is 1. The second-order valence-electron chi connectivity index (χ2n) is 5.62. The van der Waals surface area contributed by atoms with Gasteiger partial charge in [-0.25, -0.2) is 4.39 Å². The summed E-state index contributed by atoms with van der Waals surface area (Å²) in [6, 6.07) is 4.54. The molecule has 0 aliphatic carbocycles. The molecule has 0 fully saturated rings. The average molecular weight is 292 g/mol. The molecule has 4 nitrogen and oxygen atoms in total. The van der Waals surface area contributed by atoms with Gasteiger partial charge in [0.2, 0.25) is 5.91 Å². The number of H-pyrrole nitrogens is 1. The molecule has 1 aromatic carbocycles. The Kier molecular flexibility index (Phi) is 4.63. The predicted octanol–water partition coefficient (Wildman–Crippen LogP) is 2.74. The molecule has 0 saturated carbocycles. The van der Waals surface area contributed by atoms with Gasteiger partial charge in [-0.3, -0.25) is 4.79 Å². The van der Waals surface area contributed by atoms with E-state index in [1.165, 1.54) is 12.1 Å². The Balaban J connectivity index is 2.20. The minimum atomic E-state index is -0.737. The van der Waals surface area contributed by atoms with Gasteiger partial charge in [-0.15, -0.1) is 0 Å². The monoisotopic (exact) mass is 292 g/mol. The van der Waals surface area contributed by atoms with E-state index in [1.807, 2.05) is 13.8 Å². The maximum Gasteiger partial charge on any atom is 0.230 e. The summed E-state index contributed by atoms with van der Waals surface area (Å²) in [7, 11) is 1.63. The molecule has 0 aliphatic rings. The minimum absolute atomic E-state index is 0.0798. The van der Waals surface area contributed by atoms with Crippen molar-refractivity contribution in [2.45, 2.75) is 25.7 Å². The van der Waals surface area contributed by atoms with Crippen molar-refractivity contribution >= 4 is 16.8 Å². The molecule has 1 amide bonds. The fraction of sp³-hybridized carbons (Fsp3) is 0.438. The maximum absolute atomic E-state index is 13.4. The number of methoxy groups -OCH3 is 1. The molecule has 1 heterocycles. The van der Waals surface area contributed by atoms with Crippen molar-refractivity contribution in [1.29, 1.82) is 0 Å². The highest BCUT2D eigenvalue weighted by atomic mass is 19.1. The van der Waals surface area contributed by atoms with Crippen molar-refractivity contribution in [2.75, 3.05) is 20.3 Å². The van der Waals surface area contributed by atoms with Crippen LogP contribution in [0.4, 0.5) is 4.39 Å². The predicted molar refractivity (Wildman–Crippen MR) is 80.8 cm³/mol. The fourth-order valence-corrected chi connectivity index (χ4v) is 2.37. The second kappa shape index (κ2) is 6.26. The van der Waals surface area contributed by atoms with Crippen molar-refractivity contribution in [3.63, 3.8) is 0 Å². The highest BCUT2D eigenvalue weighted by molar-refractivity contribution is 5.94. The van der Waals surface area contributed by atoms with Gasteiger partial charge in [-0.05, 0) is 44.0 Å². The van der Waals surface area contributed by atoms with Gasteiger partial charge in [0.15, 0.2) is 0 Å². The van der Waals surface area contributed by atoms with Gasteiger partial charge in [-0.1, -0.05) is 0 Å². The van der Waals surface area contributed by atoms with E-state index in [-0.39, 0.29) is 11.7 Å².